The molecule has 0 radical (unpaired) electrons. The number of fused-ring (bicyclic) bond motifs is 1. The molecular formula is C25H26O. The molecule has 1 aliphatic carbocycles. The van der Waals surface area contributed by atoms with Crippen LogP contribution in [0.15, 0.2) is 71.2 Å². The molecule has 0 N–H and O–H groups in total. The molecule has 0 spiro atoms. The van der Waals surface area contributed by atoms with Gasteiger partial charge in [0.15, 0.2) is 0 Å². The summed E-state index contributed by atoms with van der Waals surface area (Å²) in [6.45, 7) is 16.2. The lowest BCUT2D eigenvalue weighted by Gasteiger charge is -2.06. The zero-order valence-electron chi connectivity index (χ0n) is 16.1. The number of hydrogen-bond acceptors (Lipinski definition) is 1. The van der Waals surface area contributed by atoms with E-state index in [0.29, 0.717) is 0 Å². The molecule has 0 fully saturated rings. The molecule has 1 nitrogen and oxygen atoms in total. The quantitative estimate of drug-likeness (QED) is 0.529. The average molecular weight is 342 g/mol. The first-order valence-corrected chi connectivity index (χ1v) is 9.01. The summed E-state index contributed by atoms with van der Waals surface area (Å²) in [4.78, 5) is 0. The highest BCUT2D eigenvalue weighted by molar-refractivity contribution is 6.03. The first-order chi connectivity index (χ1) is 12.4. The van der Waals surface area contributed by atoms with Crippen LogP contribution < -0.4 is 0 Å². The lowest BCUT2D eigenvalue weighted by molar-refractivity contribution is 0.503. The molecule has 0 amide bonds. The molecule has 0 atom stereocenters. The summed E-state index contributed by atoms with van der Waals surface area (Å²) in [5.41, 5.74) is 9.57. The topological polar surface area (TPSA) is 13.1 Å². The predicted molar refractivity (Wildman–Crippen MR) is 113 cm³/mol. The van der Waals surface area contributed by atoms with Gasteiger partial charge in [0, 0.05) is 11.1 Å². The van der Waals surface area contributed by atoms with E-state index in [2.05, 4.69) is 69.5 Å². The fraction of sp³-hybridized carbons (Fsp3) is 0.200. The summed E-state index contributed by atoms with van der Waals surface area (Å²) in [6.07, 6.45) is 9.39. The third kappa shape index (κ3) is 3.17. The molecule has 0 unspecified atom stereocenters. The van der Waals surface area contributed by atoms with Crippen LogP contribution in [0.4, 0.5) is 0 Å². The molecule has 1 aliphatic rings. The van der Waals surface area contributed by atoms with Crippen molar-refractivity contribution in [3.63, 3.8) is 0 Å². The molecule has 1 heteroatoms. The monoisotopic (exact) mass is 342 g/mol. The van der Waals surface area contributed by atoms with Crippen LogP contribution in [0, 0.1) is 13.8 Å². The number of rotatable bonds is 5. The Bertz CT molecular complexity index is 974. The number of allylic oxidation sites excluding steroid dienone is 7. The molecular weight excluding hydrogens is 316 g/mol. The van der Waals surface area contributed by atoms with E-state index in [1.807, 2.05) is 19.9 Å². The Morgan fingerprint density at radius 1 is 1.08 bits per heavy atom. The molecule has 1 aromatic heterocycles. The van der Waals surface area contributed by atoms with Gasteiger partial charge < -0.3 is 4.42 Å². The van der Waals surface area contributed by atoms with Gasteiger partial charge in [-0.2, -0.15) is 0 Å². The van der Waals surface area contributed by atoms with Gasteiger partial charge in [-0.15, -0.1) is 0 Å². The third-order valence-electron chi connectivity index (χ3n) is 4.94. The van der Waals surface area contributed by atoms with Crippen molar-refractivity contribution in [3.05, 3.63) is 101 Å². The van der Waals surface area contributed by atoms with Crippen molar-refractivity contribution < 1.29 is 4.42 Å². The smallest absolute Gasteiger partial charge is 0.109 e. The van der Waals surface area contributed by atoms with Crippen LogP contribution in [0.1, 0.15) is 47.6 Å². The van der Waals surface area contributed by atoms with Crippen molar-refractivity contribution in [1.29, 1.82) is 0 Å². The summed E-state index contributed by atoms with van der Waals surface area (Å²) in [7, 11) is 0. The molecule has 0 saturated heterocycles. The van der Waals surface area contributed by atoms with Gasteiger partial charge in [0.2, 0.25) is 0 Å². The van der Waals surface area contributed by atoms with E-state index in [1.165, 1.54) is 27.8 Å². The average Bonchev–Trinajstić information content (AvgIpc) is 3.09. The van der Waals surface area contributed by atoms with Crippen LogP contribution in [0.5, 0.6) is 0 Å². The van der Waals surface area contributed by atoms with Crippen molar-refractivity contribution in [2.24, 2.45) is 0 Å². The zero-order chi connectivity index (χ0) is 18.8. The van der Waals surface area contributed by atoms with Crippen LogP contribution in [-0.4, -0.2) is 0 Å². The molecule has 132 valence electrons. The Labute approximate surface area is 156 Å². The Morgan fingerprint density at radius 2 is 1.81 bits per heavy atom. The fourth-order valence-electron chi connectivity index (χ4n) is 3.57. The van der Waals surface area contributed by atoms with Gasteiger partial charge in [0.25, 0.3) is 0 Å². The minimum atomic E-state index is 0.929. The molecule has 1 heterocycles. The highest BCUT2D eigenvalue weighted by atomic mass is 16.3. The van der Waals surface area contributed by atoms with Crippen molar-refractivity contribution in [2.45, 2.75) is 34.1 Å². The van der Waals surface area contributed by atoms with Crippen LogP contribution in [0.25, 0.3) is 17.2 Å². The van der Waals surface area contributed by atoms with E-state index < -0.39 is 0 Å². The van der Waals surface area contributed by atoms with Gasteiger partial charge in [-0.3, -0.25) is 0 Å². The lowest BCUT2D eigenvalue weighted by Crippen LogP contribution is -1.90. The van der Waals surface area contributed by atoms with Gasteiger partial charge in [0.05, 0.1) is 0 Å². The van der Waals surface area contributed by atoms with Crippen molar-refractivity contribution in [1.82, 2.24) is 0 Å². The summed E-state index contributed by atoms with van der Waals surface area (Å²) < 4.78 is 6.01. The first kappa shape index (κ1) is 18.0. The van der Waals surface area contributed by atoms with E-state index >= 15 is 0 Å². The molecule has 1 aromatic carbocycles. The molecule has 0 saturated carbocycles. The highest BCUT2D eigenvalue weighted by Gasteiger charge is 2.25. The minimum Gasteiger partial charge on any atom is -0.465 e. The summed E-state index contributed by atoms with van der Waals surface area (Å²) in [5, 5.41) is 0. The molecule has 26 heavy (non-hydrogen) atoms. The number of aryl methyl sites for hydroxylation is 2. The second-order valence-electron chi connectivity index (χ2n) is 6.87. The number of hydrogen-bond donors (Lipinski definition) is 0. The molecule has 2 aromatic rings. The molecule has 0 aliphatic heterocycles. The maximum Gasteiger partial charge on any atom is 0.109 e. The van der Waals surface area contributed by atoms with Gasteiger partial charge in [0.1, 0.15) is 11.5 Å². The SMILES string of the molecule is C=C(C)C(=C)/C=C\c1c(C)oc(C)c1C1=C(/C=C\C)c2ccccc2C1. The van der Waals surface area contributed by atoms with Crippen molar-refractivity contribution in [2.75, 3.05) is 0 Å². The first-order valence-electron chi connectivity index (χ1n) is 9.01. The van der Waals surface area contributed by atoms with Crippen molar-refractivity contribution >= 4 is 17.2 Å². The maximum atomic E-state index is 6.01. The Hall–Kier alpha value is -2.80. The Morgan fingerprint density at radius 3 is 2.50 bits per heavy atom. The number of benzene rings is 1. The van der Waals surface area contributed by atoms with Crippen LogP contribution in [-0.2, 0) is 6.42 Å². The van der Waals surface area contributed by atoms with Crippen molar-refractivity contribution in [3.8, 4) is 0 Å². The normalized spacial score (nSPS) is 13.8. The van der Waals surface area contributed by atoms with E-state index in [0.717, 1.165) is 34.7 Å². The van der Waals surface area contributed by atoms with Crippen LogP contribution >= 0.6 is 0 Å². The second kappa shape index (κ2) is 7.21. The largest absolute Gasteiger partial charge is 0.465 e. The highest BCUT2D eigenvalue weighted by Crippen LogP contribution is 2.43. The minimum absolute atomic E-state index is 0.929. The molecule has 3 rings (SSSR count). The molecule has 0 bridgehead atoms. The standard InChI is InChI=1S/C25H26O/c1-7-10-23-22-12-9-8-11-20(22)15-24(23)25-19(6)26-18(5)21(25)14-13-17(4)16(2)3/h7-14H,2,4,15H2,1,3,5-6H3/b10-7-,14-13-. The van der Waals surface area contributed by atoms with Gasteiger partial charge in [-0.25, -0.2) is 0 Å². The third-order valence-corrected chi connectivity index (χ3v) is 4.94. The summed E-state index contributed by atoms with van der Waals surface area (Å²) >= 11 is 0. The maximum absolute atomic E-state index is 6.01. The van der Waals surface area contributed by atoms with E-state index in [1.54, 1.807) is 0 Å². The van der Waals surface area contributed by atoms with E-state index in [4.69, 9.17) is 4.42 Å². The number of furan rings is 1. The zero-order valence-corrected chi connectivity index (χ0v) is 16.1. The van der Waals surface area contributed by atoms with E-state index in [-0.39, 0.29) is 0 Å². The predicted octanol–water partition coefficient (Wildman–Crippen LogP) is 7.08. The fourth-order valence-corrected chi connectivity index (χ4v) is 3.57. The summed E-state index contributed by atoms with van der Waals surface area (Å²) in [6, 6.07) is 8.64. The Kier molecular flexibility index (Phi) is 4.99. The van der Waals surface area contributed by atoms with E-state index in [9.17, 15) is 0 Å². The Balaban J connectivity index is 2.17. The lowest BCUT2D eigenvalue weighted by atomic mass is 9.95. The van der Waals surface area contributed by atoms with Gasteiger partial charge in [-0.1, -0.05) is 67.3 Å². The van der Waals surface area contributed by atoms with Crippen LogP contribution in [0.2, 0.25) is 0 Å². The second-order valence-corrected chi connectivity index (χ2v) is 6.87. The summed E-state index contributed by atoms with van der Waals surface area (Å²) in [5.74, 6) is 1.90. The van der Waals surface area contributed by atoms with Gasteiger partial charge in [-0.05, 0) is 62.0 Å². The van der Waals surface area contributed by atoms with Crippen LogP contribution in [0.3, 0.4) is 0 Å². The van der Waals surface area contributed by atoms with Gasteiger partial charge >= 0.3 is 0 Å².